The monoisotopic (exact) mass is 184 g/mol. The predicted molar refractivity (Wildman–Crippen MR) is 53.5 cm³/mol. The van der Waals surface area contributed by atoms with E-state index in [1.807, 2.05) is 0 Å². The first-order valence-electron chi connectivity index (χ1n) is 5.10. The number of amides is 1. The van der Waals surface area contributed by atoms with Crippen molar-refractivity contribution in [1.82, 2.24) is 10.6 Å². The van der Waals surface area contributed by atoms with Crippen molar-refractivity contribution >= 4 is 5.91 Å². The van der Waals surface area contributed by atoms with Crippen LogP contribution in [0.1, 0.15) is 40.0 Å². The summed E-state index contributed by atoms with van der Waals surface area (Å²) in [6.07, 6.45) is 3.06. The molecule has 1 aliphatic heterocycles. The van der Waals surface area contributed by atoms with Gasteiger partial charge in [0.1, 0.15) is 0 Å². The molecule has 1 fully saturated rings. The summed E-state index contributed by atoms with van der Waals surface area (Å²) in [4.78, 5) is 11.6. The zero-order valence-electron chi connectivity index (χ0n) is 8.81. The molecule has 3 heteroatoms. The molecule has 0 aromatic carbocycles. The Labute approximate surface area is 80.3 Å². The summed E-state index contributed by atoms with van der Waals surface area (Å²) < 4.78 is 0. The Morgan fingerprint density at radius 1 is 1.62 bits per heavy atom. The lowest BCUT2D eigenvalue weighted by atomic mass is 10.0. The van der Waals surface area contributed by atoms with Gasteiger partial charge in [0.2, 0.25) is 5.91 Å². The molecule has 1 rings (SSSR count). The van der Waals surface area contributed by atoms with E-state index in [1.54, 1.807) is 0 Å². The van der Waals surface area contributed by atoms with E-state index in [9.17, 15) is 4.79 Å². The number of carbonyl (C=O) groups is 1. The maximum Gasteiger partial charge on any atom is 0.237 e. The minimum atomic E-state index is -0.0681. The van der Waals surface area contributed by atoms with Crippen molar-refractivity contribution in [3.63, 3.8) is 0 Å². The smallest absolute Gasteiger partial charge is 0.237 e. The van der Waals surface area contributed by atoms with Gasteiger partial charge in [-0.1, -0.05) is 6.92 Å². The van der Waals surface area contributed by atoms with Crippen LogP contribution in [-0.4, -0.2) is 24.0 Å². The van der Waals surface area contributed by atoms with Crippen molar-refractivity contribution in [3.05, 3.63) is 0 Å². The number of nitrogens with one attached hydrogen (secondary N) is 2. The maximum atomic E-state index is 11.6. The lowest BCUT2D eigenvalue weighted by molar-refractivity contribution is -0.124. The van der Waals surface area contributed by atoms with Crippen LogP contribution in [0, 0.1) is 0 Å². The van der Waals surface area contributed by atoms with Crippen LogP contribution in [0.15, 0.2) is 0 Å². The summed E-state index contributed by atoms with van der Waals surface area (Å²) in [5, 5.41) is 6.24. The minimum Gasteiger partial charge on any atom is -0.350 e. The molecule has 1 amide bonds. The van der Waals surface area contributed by atoms with Crippen LogP contribution in [0.5, 0.6) is 0 Å². The van der Waals surface area contributed by atoms with E-state index < -0.39 is 0 Å². The summed E-state index contributed by atoms with van der Waals surface area (Å²) in [5.41, 5.74) is -0.0681. The van der Waals surface area contributed by atoms with E-state index >= 15 is 0 Å². The van der Waals surface area contributed by atoms with Gasteiger partial charge in [0.25, 0.3) is 0 Å². The number of hydrogen-bond donors (Lipinski definition) is 2. The summed E-state index contributed by atoms with van der Waals surface area (Å²) in [5.74, 6) is 0.157. The van der Waals surface area contributed by atoms with Gasteiger partial charge in [-0.25, -0.2) is 0 Å². The molecule has 1 atom stereocenters. The fourth-order valence-electron chi connectivity index (χ4n) is 1.42. The van der Waals surface area contributed by atoms with Crippen LogP contribution in [0.2, 0.25) is 0 Å². The molecule has 13 heavy (non-hydrogen) atoms. The summed E-state index contributed by atoms with van der Waals surface area (Å²) in [7, 11) is 0. The highest BCUT2D eigenvalue weighted by Crippen LogP contribution is 2.10. The van der Waals surface area contributed by atoms with Crippen molar-refractivity contribution in [1.29, 1.82) is 0 Å². The third-order valence-electron chi connectivity index (χ3n) is 2.72. The second-order valence-electron chi connectivity index (χ2n) is 4.38. The van der Waals surface area contributed by atoms with Crippen LogP contribution < -0.4 is 10.6 Å². The Morgan fingerprint density at radius 3 is 2.77 bits per heavy atom. The molecule has 0 aliphatic carbocycles. The standard InChI is InChI=1S/C10H20N2O/c1-4-10(2,3)12-9(13)8-6-5-7-11-8/h8,11H,4-7H2,1-3H3,(H,12,13)/t8-/m0/s1. The SMILES string of the molecule is CCC(C)(C)NC(=O)[C@@H]1CCCN1. The molecule has 0 aromatic heterocycles. The van der Waals surface area contributed by atoms with E-state index in [0.717, 1.165) is 25.8 Å². The van der Waals surface area contributed by atoms with Gasteiger partial charge in [-0.3, -0.25) is 4.79 Å². The molecule has 1 heterocycles. The normalized spacial score (nSPS) is 23.2. The number of rotatable bonds is 3. The fourth-order valence-corrected chi connectivity index (χ4v) is 1.42. The molecule has 2 N–H and O–H groups in total. The average molecular weight is 184 g/mol. The Bertz CT molecular complexity index is 183. The van der Waals surface area contributed by atoms with E-state index in [0.29, 0.717) is 0 Å². The van der Waals surface area contributed by atoms with Crippen LogP contribution in [0.3, 0.4) is 0 Å². The average Bonchev–Trinajstić information content (AvgIpc) is 2.55. The molecule has 0 aromatic rings. The third-order valence-corrected chi connectivity index (χ3v) is 2.72. The molecule has 0 bridgehead atoms. The van der Waals surface area contributed by atoms with Gasteiger partial charge in [0.05, 0.1) is 6.04 Å². The van der Waals surface area contributed by atoms with Gasteiger partial charge >= 0.3 is 0 Å². The van der Waals surface area contributed by atoms with Crippen LogP contribution in [0.4, 0.5) is 0 Å². The van der Waals surface area contributed by atoms with Crippen molar-refractivity contribution in [2.75, 3.05) is 6.54 Å². The Hall–Kier alpha value is -0.570. The van der Waals surface area contributed by atoms with E-state index in [-0.39, 0.29) is 17.5 Å². The largest absolute Gasteiger partial charge is 0.350 e. The Balaban J connectivity index is 2.40. The van der Waals surface area contributed by atoms with E-state index in [4.69, 9.17) is 0 Å². The second-order valence-corrected chi connectivity index (χ2v) is 4.38. The fraction of sp³-hybridized carbons (Fsp3) is 0.900. The van der Waals surface area contributed by atoms with Crippen LogP contribution >= 0.6 is 0 Å². The highest BCUT2D eigenvalue weighted by molar-refractivity contribution is 5.82. The first kappa shape index (κ1) is 10.5. The lowest BCUT2D eigenvalue weighted by Gasteiger charge is -2.26. The molecule has 1 saturated heterocycles. The Morgan fingerprint density at radius 2 is 2.31 bits per heavy atom. The molecule has 0 saturated carbocycles. The highest BCUT2D eigenvalue weighted by Gasteiger charge is 2.26. The van der Waals surface area contributed by atoms with Crippen LogP contribution in [0.25, 0.3) is 0 Å². The zero-order chi connectivity index (χ0) is 9.90. The number of hydrogen-bond acceptors (Lipinski definition) is 2. The number of carbonyl (C=O) groups excluding carboxylic acids is 1. The molecule has 0 unspecified atom stereocenters. The molecule has 0 radical (unpaired) electrons. The highest BCUT2D eigenvalue weighted by atomic mass is 16.2. The van der Waals surface area contributed by atoms with Crippen molar-refractivity contribution < 1.29 is 4.79 Å². The molecule has 0 spiro atoms. The quantitative estimate of drug-likeness (QED) is 0.688. The molecular weight excluding hydrogens is 164 g/mol. The summed E-state index contributed by atoms with van der Waals surface area (Å²) in [6, 6.07) is 0.0471. The van der Waals surface area contributed by atoms with Crippen molar-refractivity contribution in [3.8, 4) is 0 Å². The van der Waals surface area contributed by atoms with E-state index in [1.165, 1.54) is 0 Å². The second kappa shape index (κ2) is 4.09. The van der Waals surface area contributed by atoms with Crippen molar-refractivity contribution in [2.45, 2.75) is 51.6 Å². The zero-order valence-corrected chi connectivity index (χ0v) is 8.81. The van der Waals surface area contributed by atoms with Gasteiger partial charge in [0.15, 0.2) is 0 Å². The third kappa shape index (κ3) is 2.99. The van der Waals surface area contributed by atoms with Gasteiger partial charge in [-0.15, -0.1) is 0 Å². The first-order chi connectivity index (χ1) is 6.05. The molecule has 1 aliphatic rings. The minimum absolute atomic E-state index is 0.0471. The summed E-state index contributed by atoms with van der Waals surface area (Å²) in [6.45, 7) is 7.17. The van der Waals surface area contributed by atoms with Gasteiger partial charge in [-0.05, 0) is 39.7 Å². The van der Waals surface area contributed by atoms with Gasteiger partial charge in [-0.2, -0.15) is 0 Å². The van der Waals surface area contributed by atoms with Gasteiger partial charge in [0, 0.05) is 5.54 Å². The molecule has 76 valence electrons. The maximum absolute atomic E-state index is 11.6. The molecule has 3 nitrogen and oxygen atoms in total. The summed E-state index contributed by atoms with van der Waals surface area (Å²) >= 11 is 0. The Kier molecular flexibility index (Phi) is 3.31. The van der Waals surface area contributed by atoms with Crippen molar-refractivity contribution in [2.24, 2.45) is 0 Å². The molecular formula is C10H20N2O. The topological polar surface area (TPSA) is 41.1 Å². The van der Waals surface area contributed by atoms with Crippen LogP contribution in [-0.2, 0) is 4.79 Å². The predicted octanol–water partition coefficient (Wildman–Crippen LogP) is 1.04. The van der Waals surface area contributed by atoms with E-state index in [2.05, 4.69) is 31.4 Å². The van der Waals surface area contributed by atoms with Gasteiger partial charge < -0.3 is 10.6 Å². The first-order valence-corrected chi connectivity index (χ1v) is 5.10. The lowest BCUT2D eigenvalue weighted by Crippen LogP contribution is -2.49.